The monoisotopic (exact) mass is 435 g/mol. The first-order valence-electron chi connectivity index (χ1n) is 7.32. The number of methoxy groups -OCH3 is 1. The van der Waals surface area contributed by atoms with E-state index in [0.29, 0.717) is 25.5 Å². The molecule has 0 aliphatic carbocycles. The summed E-state index contributed by atoms with van der Waals surface area (Å²) in [6.07, 6.45) is 0.218. The summed E-state index contributed by atoms with van der Waals surface area (Å²) in [6.45, 7) is 4.76. The summed E-state index contributed by atoms with van der Waals surface area (Å²) in [5.41, 5.74) is 1.08. The van der Waals surface area contributed by atoms with Crippen LogP contribution in [0.5, 0.6) is 5.75 Å². The summed E-state index contributed by atoms with van der Waals surface area (Å²) in [6, 6.07) is 7.80. The molecule has 1 rings (SSSR count). The molecule has 23 heavy (non-hydrogen) atoms. The van der Waals surface area contributed by atoms with Gasteiger partial charge in [0.25, 0.3) is 0 Å². The lowest BCUT2D eigenvalue weighted by molar-refractivity contribution is -0.147. The average Bonchev–Trinajstić information content (AvgIpc) is 2.50. The van der Waals surface area contributed by atoms with E-state index in [0.717, 1.165) is 11.3 Å². The van der Waals surface area contributed by atoms with Crippen molar-refractivity contribution in [2.24, 2.45) is 4.99 Å². The number of hydrogen-bond acceptors (Lipinski definition) is 4. The zero-order valence-electron chi connectivity index (χ0n) is 14.1. The van der Waals surface area contributed by atoms with E-state index in [9.17, 15) is 4.79 Å². The number of guanidine groups is 1. The molecule has 0 bridgehead atoms. The quantitative estimate of drug-likeness (QED) is 0.298. The lowest BCUT2D eigenvalue weighted by Gasteiger charge is -2.13. The van der Waals surface area contributed by atoms with Crippen LogP contribution in [0.4, 0.5) is 0 Å². The lowest BCUT2D eigenvalue weighted by Crippen LogP contribution is -2.38. The molecule has 0 fully saturated rings. The maximum Gasteiger partial charge on any atom is 0.307 e. The van der Waals surface area contributed by atoms with Crippen molar-refractivity contribution < 1.29 is 14.3 Å². The van der Waals surface area contributed by atoms with Crippen LogP contribution < -0.4 is 15.4 Å². The molecule has 1 aromatic carbocycles. The van der Waals surface area contributed by atoms with E-state index in [4.69, 9.17) is 9.47 Å². The molecule has 6 nitrogen and oxygen atoms in total. The molecule has 2 N–H and O–H groups in total. The molecule has 0 unspecified atom stereocenters. The molecule has 130 valence electrons. The van der Waals surface area contributed by atoms with E-state index in [1.165, 1.54) is 0 Å². The van der Waals surface area contributed by atoms with Crippen LogP contribution in [-0.4, -0.2) is 38.7 Å². The maximum atomic E-state index is 11.4. The number of carbonyl (C=O) groups excluding carboxylic acids is 1. The third-order valence-electron chi connectivity index (χ3n) is 2.81. The topological polar surface area (TPSA) is 72.0 Å². The third kappa shape index (κ3) is 9.27. The zero-order valence-corrected chi connectivity index (χ0v) is 16.4. The molecule has 0 aromatic heterocycles. The fourth-order valence-electron chi connectivity index (χ4n) is 1.79. The molecule has 0 heterocycles. The number of nitrogens with one attached hydrogen (secondary N) is 2. The second-order valence-electron chi connectivity index (χ2n) is 4.99. The number of benzene rings is 1. The molecule has 0 atom stereocenters. The first-order chi connectivity index (χ1) is 10.5. The van der Waals surface area contributed by atoms with E-state index >= 15 is 0 Å². The lowest BCUT2D eigenvalue weighted by atomic mass is 10.2. The summed E-state index contributed by atoms with van der Waals surface area (Å²) >= 11 is 0. The number of hydrogen-bond donors (Lipinski definition) is 2. The van der Waals surface area contributed by atoms with Gasteiger partial charge in [0.2, 0.25) is 0 Å². The van der Waals surface area contributed by atoms with Gasteiger partial charge in [-0.2, -0.15) is 0 Å². The van der Waals surface area contributed by atoms with Gasteiger partial charge in [0.1, 0.15) is 5.75 Å². The number of halogens is 1. The van der Waals surface area contributed by atoms with Gasteiger partial charge in [-0.1, -0.05) is 12.1 Å². The Bertz CT molecular complexity index is 507. The fraction of sp³-hybridized carbons (Fsp3) is 0.500. The second-order valence-corrected chi connectivity index (χ2v) is 4.99. The van der Waals surface area contributed by atoms with Crippen LogP contribution in [0.2, 0.25) is 0 Å². The SMILES string of the molecule is CN=C(NCCC(=O)OC(C)C)NCc1cccc(OC)c1.I. The molecular formula is C16H26IN3O3. The van der Waals surface area contributed by atoms with Crippen molar-refractivity contribution in [3.05, 3.63) is 29.8 Å². The fourth-order valence-corrected chi connectivity index (χ4v) is 1.79. The van der Waals surface area contributed by atoms with Crippen LogP contribution in [0.25, 0.3) is 0 Å². The van der Waals surface area contributed by atoms with Crippen molar-refractivity contribution in [3.8, 4) is 5.75 Å². The number of esters is 1. The van der Waals surface area contributed by atoms with Crippen molar-refractivity contribution in [2.45, 2.75) is 32.9 Å². The smallest absolute Gasteiger partial charge is 0.307 e. The third-order valence-corrected chi connectivity index (χ3v) is 2.81. The first-order valence-corrected chi connectivity index (χ1v) is 7.32. The van der Waals surface area contributed by atoms with Gasteiger partial charge >= 0.3 is 5.97 Å². The van der Waals surface area contributed by atoms with Gasteiger partial charge in [0, 0.05) is 20.1 Å². The van der Waals surface area contributed by atoms with Crippen molar-refractivity contribution in [3.63, 3.8) is 0 Å². The Morgan fingerprint density at radius 2 is 2.04 bits per heavy atom. The Labute approximate surface area is 155 Å². The Kier molecular flexibility index (Phi) is 11.2. The first kappa shape index (κ1) is 21.5. The van der Waals surface area contributed by atoms with Crippen molar-refractivity contribution in [2.75, 3.05) is 20.7 Å². The molecule has 0 aliphatic heterocycles. The van der Waals surface area contributed by atoms with E-state index < -0.39 is 0 Å². The molecule has 7 heteroatoms. The van der Waals surface area contributed by atoms with Gasteiger partial charge in [0.15, 0.2) is 5.96 Å². The summed E-state index contributed by atoms with van der Waals surface area (Å²) < 4.78 is 10.3. The van der Waals surface area contributed by atoms with Gasteiger partial charge in [-0.15, -0.1) is 24.0 Å². The Morgan fingerprint density at radius 3 is 2.65 bits per heavy atom. The molecule has 0 radical (unpaired) electrons. The van der Waals surface area contributed by atoms with Crippen molar-refractivity contribution in [1.29, 1.82) is 0 Å². The molecule has 0 amide bonds. The number of nitrogens with zero attached hydrogens (tertiary/aromatic N) is 1. The van der Waals surface area contributed by atoms with Gasteiger partial charge in [0.05, 0.1) is 19.6 Å². The van der Waals surface area contributed by atoms with Crippen molar-refractivity contribution in [1.82, 2.24) is 10.6 Å². The summed E-state index contributed by atoms with van der Waals surface area (Å²) in [5, 5.41) is 6.26. The number of rotatable bonds is 7. The van der Waals surface area contributed by atoms with E-state index in [2.05, 4.69) is 15.6 Å². The highest BCUT2D eigenvalue weighted by atomic mass is 127. The maximum absolute atomic E-state index is 11.4. The van der Waals surface area contributed by atoms with Crippen LogP contribution in [-0.2, 0) is 16.1 Å². The minimum atomic E-state index is -0.217. The summed E-state index contributed by atoms with van der Waals surface area (Å²) in [4.78, 5) is 15.6. The molecular weight excluding hydrogens is 409 g/mol. The minimum absolute atomic E-state index is 0. The number of carbonyl (C=O) groups is 1. The van der Waals surface area contributed by atoms with Crippen LogP contribution >= 0.6 is 24.0 Å². The number of aliphatic imine (C=N–C) groups is 1. The summed E-state index contributed by atoms with van der Waals surface area (Å²) in [5.74, 6) is 1.24. The van der Waals surface area contributed by atoms with Crippen LogP contribution in [0.15, 0.2) is 29.3 Å². The molecule has 0 saturated heterocycles. The minimum Gasteiger partial charge on any atom is -0.497 e. The van der Waals surface area contributed by atoms with Gasteiger partial charge in [-0.05, 0) is 31.5 Å². The summed E-state index contributed by atoms with van der Waals surface area (Å²) in [7, 11) is 3.33. The Balaban J connectivity index is 0.00000484. The Hall–Kier alpha value is -1.51. The molecule has 0 aliphatic rings. The zero-order chi connectivity index (χ0) is 16.4. The van der Waals surface area contributed by atoms with Crippen LogP contribution in [0.3, 0.4) is 0 Å². The highest BCUT2D eigenvalue weighted by Gasteiger charge is 2.06. The second kappa shape index (κ2) is 12.0. The normalized spacial score (nSPS) is 10.7. The average molecular weight is 435 g/mol. The van der Waals surface area contributed by atoms with Gasteiger partial charge in [-0.25, -0.2) is 0 Å². The van der Waals surface area contributed by atoms with Crippen LogP contribution in [0.1, 0.15) is 25.8 Å². The van der Waals surface area contributed by atoms with Crippen molar-refractivity contribution >= 4 is 35.9 Å². The Morgan fingerprint density at radius 1 is 1.30 bits per heavy atom. The highest BCUT2D eigenvalue weighted by Crippen LogP contribution is 2.11. The van der Waals surface area contributed by atoms with Gasteiger partial charge in [-0.3, -0.25) is 9.79 Å². The predicted octanol–water partition coefficient (Wildman–Crippen LogP) is 2.32. The largest absolute Gasteiger partial charge is 0.497 e. The van der Waals surface area contributed by atoms with Gasteiger partial charge < -0.3 is 20.1 Å². The van der Waals surface area contributed by atoms with E-state index in [1.54, 1.807) is 14.2 Å². The van der Waals surface area contributed by atoms with E-state index in [-0.39, 0.29) is 36.0 Å². The molecule has 0 saturated carbocycles. The predicted molar refractivity (Wildman–Crippen MR) is 102 cm³/mol. The highest BCUT2D eigenvalue weighted by molar-refractivity contribution is 14.0. The van der Waals surface area contributed by atoms with E-state index in [1.807, 2.05) is 38.1 Å². The number of ether oxygens (including phenoxy) is 2. The standard InChI is InChI=1S/C16H25N3O3.HI/c1-12(2)22-15(20)8-9-18-16(17-3)19-11-13-6-5-7-14(10-13)21-4;/h5-7,10,12H,8-9,11H2,1-4H3,(H2,17,18,19);1H. The van der Waals surface area contributed by atoms with Crippen LogP contribution in [0, 0.1) is 0 Å². The molecule has 0 spiro atoms. The molecule has 1 aromatic rings.